The van der Waals surface area contributed by atoms with E-state index in [-0.39, 0.29) is 12.7 Å². The summed E-state index contributed by atoms with van der Waals surface area (Å²) in [4.78, 5) is 13.6. The zero-order valence-corrected chi connectivity index (χ0v) is 10.9. The molecule has 1 unspecified atom stereocenters. The smallest absolute Gasteiger partial charge is 0.410 e. The van der Waals surface area contributed by atoms with Gasteiger partial charge in [0.25, 0.3) is 0 Å². The third kappa shape index (κ3) is 2.73. The summed E-state index contributed by atoms with van der Waals surface area (Å²) < 4.78 is 5.28. The summed E-state index contributed by atoms with van der Waals surface area (Å²) >= 11 is 0. The predicted octanol–water partition coefficient (Wildman–Crippen LogP) is 2.17. The molecule has 102 valence electrons. The lowest BCUT2D eigenvalue weighted by Crippen LogP contribution is -2.37. The normalized spacial score (nSPS) is 26.5. The van der Waals surface area contributed by atoms with E-state index in [0.29, 0.717) is 25.4 Å². The summed E-state index contributed by atoms with van der Waals surface area (Å²) in [6.45, 7) is 1.31. The minimum Gasteiger partial charge on any atom is -0.445 e. The van der Waals surface area contributed by atoms with Crippen molar-refractivity contribution in [2.45, 2.75) is 31.5 Å². The predicted molar refractivity (Wildman–Crippen MR) is 70.5 cm³/mol. The zero-order valence-electron chi connectivity index (χ0n) is 10.9. The van der Waals surface area contributed by atoms with Gasteiger partial charge in [-0.1, -0.05) is 30.3 Å². The Labute approximate surface area is 113 Å². The number of amides is 1. The molecule has 1 atom stereocenters. The van der Waals surface area contributed by atoms with Crippen LogP contribution in [0.3, 0.4) is 0 Å². The lowest BCUT2D eigenvalue weighted by atomic mass is 9.97. The van der Waals surface area contributed by atoms with Crippen molar-refractivity contribution in [3.05, 3.63) is 35.9 Å². The van der Waals surface area contributed by atoms with Crippen LogP contribution in [0.5, 0.6) is 0 Å². The van der Waals surface area contributed by atoms with Gasteiger partial charge in [-0.15, -0.1) is 0 Å². The molecule has 1 amide bonds. The van der Waals surface area contributed by atoms with Crippen LogP contribution < -0.4 is 0 Å². The molecule has 1 heterocycles. The summed E-state index contributed by atoms with van der Waals surface area (Å²) in [6, 6.07) is 9.63. The van der Waals surface area contributed by atoms with Gasteiger partial charge in [-0.2, -0.15) is 0 Å². The molecule has 2 aliphatic rings. The number of hydrogen-bond donors (Lipinski definition) is 1. The highest BCUT2D eigenvalue weighted by Gasteiger charge is 2.49. The van der Waals surface area contributed by atoms with E-state index in [1.807, 2.05) is 30.3 Å². The van der Waals surface area contributed by atoms with E-state index in [0.717, 1.165) is 18.4 Å². The Hall–Kier alpha value is -1.55. The first-order valence-electron chi connectivity index (χ1n) is 6.85. The van der Waals surface area contributed by atoms with E-state index in [4.69, 9.17) is 4.74 Å². The Morgan fingerprint density at radius 2 is 2.11 bits per heavy atom. The maximum absolute atomic E-state index is 11.9. The topological polar surface area (TPSA) is 49.8 Å². The van der Waals surface area contributed by atoms with Gasteiger partial charge in [0.2, 0.25) is 0 Å². The quantitative estimate of drug-likeness (QED) is 0.907. The van der Waals surface area contributed by atoms with Crippen LogP contribution in [-0.2, 0) is 11.3 Å². The largest absolute Gasteiger partial charge is 0.445 e. The second-order valence-corrected chi connectivity index (χ2v) is 5.59. The monoisotopic (exact) mass is 261 g/mol. The van der Waals surface area contributed by atoms with E-state index >= 15 is 0 Å². The molecule has 0 radical (unpaired) electrons. The molecule has 4 heteroatoms. The van der Waals surface area contributed by atoms with Crippen LogP contribution in [0, 0.1) is 5.92 Å². The maximum Gasteiger partial charge on any atom is 0.410 e. The van der Waals surface area contributed by atoms with Crippen molar-refractivity contribution in [1.29, 1.82) is 0 Å². The fourth-order valence-corrected chi connectivity index (χ4v) is 2.74. The van der Waals surface area contributed by atoms with Crippen LogP contribution in [0.4, 0.5) is 4.79 Å². The molecule has 1 saturated carbocycles. The maximum atomic E-state index is 11.9. The SMILES string of the molecule is O=C(OCc1ccccc1)N1CCC(O)(C2CC2)C1. The molecular formula is C15H19NO3. The van der Waals surface area contributed by atoms with Crippen LogP contribution >= 0.6 is 0 Å². The van der Waals surface area contributed by atoms with Gasteiger partial charge in [0.1, 0.15) is 6.61 Å². The molecule has 2 fully saturated rings. The van der Waals surface area contributed by atoms with Crippen molar-refractivity contribution in [2.24, 2.45) is 5.92 Å². The molecule has 1 saturated heterocycles. The highest BCUT2D eigenvalue weighted by molar-refractivity contribution is 5.68. The minimum atomic E-state index is -0.661. The van der Waals surface area contributed by atoms with Crippen LogP contribution in [-0.4, -0.2) is 34.8 Å². The minimum absolute atomic E-state index is 0.290. The number of β-amino-alcohol motifs (C(OH)–C–C–N with tert-alkyl or cyclic N) is 1. The first-order valence-corrected chi connectivity index (χ1v) is 6.85. The van der Waals surface area contributed by atoms with E-state index in [9.17, 15) is 9.90 Å². The molecule has 1 aromatic rings. The summed E-state index contributed by atoms with van der Waals surface area (Å²) in [7, 11) is 0. The lowest BCUT2D eigenvalue weighted by molar-refractivity contribution is 0.0241. The van der Waals surface area contributed by atoms with Crippen molar-refractivity contribution in [3.8, 4) is 0 Å². The molecule has 19 heavy (non-hydrogen) atoms. The zero-order chi connectivity index (χ0) is 13.3. The number of nitrogens with zero attached hydrogens (tertiary/aromatic N) is 1. The van der Waals surface area contributed by atoms with Crippen LogP contribution in [0.15, 0.2) is 30.3 Å². The number of likely N-dealkylation sites (tertiary alicyclic amines) is 1. The number of rotatable bonds is 3. The van der Waals surface area contributed by atoms with Gasteiger partial charge in [-0.25, -0.2) is 4.79 Å². The van der Waals surface area contributed by atoms with Gasteiger partial charge in [-0.3, -0.25) is 0 Å². The van der Waals surface area contributed by atoms with Crippen molar-refractivity contribution >= 4 is 6.09 Å². The van der Waals surface area contributed by atoms with Crippen molar-refractivity contribution in [2.75, 3.05) is 13.1 Å². The Morgan fingerprint density at radius 1 is 1.37 bits per heavy atom. The molecule has 1 aromatic carbocycles. The molecule has 4 nitrogen and oxygen atoms in total. The highest BCUT2D eigenvalue weighted by Crippen LogP contribution is 2.44. The molecule has 0 bridgehead atoms. The first kappa shape index (κ1) is 12.5. The second kappa shape index (κ2) is 4.85. The Bertz CT molecular complexity index is 458. The van der Waals surface area contributed by atoms with Gasteiger partial charge < -0.3 is 14.7 Å². The molecule has 1 aliphatic carbocycles. The average Bonchev–Trinajstić information content (AvgIpc) is 3.22. The number of carbonyl (C=O) groups is 1. The van der Waals surface area contributed by atoms with Crippen molar-refractivity contribution < 1.29 is 14.6 Å². The summed E-state index contributed by atoms with van der Waals surface area (Å²) in [5.74, 6) is 0.388. The number of carbonyl (C=O) groups excluding carboxylic acids is 1. The third-order valence-electron chi connectivity index (χ3n) is 4.08. The van der Waals surface area contributed by atoms with Gasteiger partial charge in [-0.05, 0) is 30.7 Å². The summed E-state index contributed by atoms with van der Waals surface area (Å²) in [5.41, 5.74) is 0.318. The fourth-order valence-electron chi connectivity index (χ4n) is 2.74. The van der Waals surface area contributed by atoms with E-state index in [1.54, 1.807) is 4.90 Å². The van der Waals surface area contributed by atoms with Gasteiger partial charge in [0, 0.05) is 6.54 Å². The van der Waals surface area contributed by atoms with Gasteiger partial charge in [0.05, 0.1) is 12.1 Å². The van der Waals surface area contributed by atoms with Crippen molar-refractivity contribution in [1.82, 2.24) is 4.90 Å². The Balaban J connectivity index is 1.51. The van der Waals surface area contributed by atoms with Crippen molar-refractivity contribution in [3.63, 3.8) is 0 Å². The average molecular weight is 261 g/mol. The number of hydrogen-bond acceptors (Lipinski definition) is 3. The lowest BCUT2D eigenvalue weighted by Gasteiger charge is -2.22. The highest BCUT2D eigenvalue weighted by atomic mass is 16.6. The molecule has 0 aromatic heterocycles. The third-order valence-corrected chi connectivity index (χ3v) is 4.08. The Morgan fingerprint density at radius 3 is 2.79 bits per heavy atom. The van der Waals surface area contributed by atoms with Crippen LogP contribution in [0.2, 0.25) is 0 Å². The fraction of sp³-hybridized carbons (Fsp3) is 0.533. The number of aliphatic hydroxyl groups is 1. The molecule has 1 N–H and O–H groups in total. The van der Waals surface area contributed by atoms with Gasteiger partial charge >= 0.3 is 6.09 Å². The standard InChI is InChI=1S/C15H19NO3/c17-14(19-10-12-4-2-1-3-5-12)16-9-8-15(18,11-16)13-6-7-13/h1-5,13,18H,6-11H2. The molecule has 0 spiro atoms. The van der Waals surface area contributed by atoms with Gasteiger partial charge in [0.15, 0.2) is 0 Å². The second-order valence-electron chi connectivity index (χ2n) is 5.59. The van der Waals surface area contributed by atoms with E-state index in [1.165, 1.54) is 0 Å². The molecule has 1 aliphatic heterocycles. The van der Waals surface area contributed by atoms with Crippen LogP contribution in [0.25, 0.3) is 0 Å². The molecule has 3 rings (SSSR count). The summed E-state index contributed by atoms with van der Waals surface area (Å²) in [5, 5.41) is 10.4. The van der Waals surface area contributed by atoms with Crippen LogP contribution in [0.1, 0.15) is 24.8 Å². The molecular weight excluding hydrogens is 242 g/mol. The summed E-state index contributed by atoms with van der Waals surface area (Å²) in [6.07, 6.45) is 2.53. The van der Waals surface area contributed by atoms with E-state index < -0.39 is 5.60 Å². The Kier molecular flexibility index (Phi) is 3.19. The number of benzene rings is 1. The van der Waals surface area contributed by atoms with E-state index in [2.05, 4.69) is 0 Å². The first-order chi connectivity index (χ1) is 9.17. The number of ether oxygens (including phenoxy) is 1.